The largest absolute Gasteiger partial charge is 0.242 e. The Balaban J connectivity index is 1.67. The van der Waals surface area contributed by atoms with Crippen LogP contribution in [0.2, 0.25) is 5.02 Å². The summed E-state index contributed by atoms with van der Waals surface area (Å²) in [6.07, 6.45) is -1.39. The molecule has 146 valence electrons. The summed E-state index contributed by atoms with van der Waals surface area (Å²) in [6.45, 7) is 1.63. The Labute approximate surface area is 172 Å². The molecule has 0 amide bonds. The topological polar surface area (TPSA) is 0 Å². The number of alkyl halides is 1. The van der Waals surface area contributed by atoms with Gasteiger partial charge in [0.25, 0.3) is 0 Å². The van der Waals surface area contributed by atoms with E-state index in [-0.39, 0.29) is 11.1 Å². The van der Waals surface area contributed by atoms with Crippen molar-refractivity contribution in [1.82, 2.24) is 0 Å². The van der Waals surface area contributed by atoms with Gasteiger partial charge in [-0.25, -0.2) is 13.2 Å². The second-order valence-corrected chi connectivity index (χ2v) is 7.60. The third-order valence-electron chi connectivity index (χ3n) is 5.25. The summed E-state index contributed by atoms with van der Waals surface area (Å²) in [4.78, 5) is 0. The maximum atomic E-state index is 15.2. The fraction of sp³-hybridized carbons (Fsp3) is 0.120. The lowest BCUT2D eigenvalue weighted by atomic mass is 9.89. The molecule has 0 saturated heterocycles. The highest BCUT2D eigenvalue weighted by Crippen LogP contribution is 2.38. The van der Waals surface area contributed by atoms with E-state index in [4.69, 9.17) is 11.6 Å². The molecule has 0 aliphatic heterocycles. The monoisotopic (exact) mass is 410 g/mol. The molecule has 0 aliphatic rings. The zero-order valence-corrected chi connectivity index (χ0v) is 16.4. The van der Waals surface area contributed by atoms with E-state index >= 15 is 4.39 Å². The van der Waals surface area contributed by atoms with Gasteiger partial charge < -0.3 is 0 Å². The molecule has 4 rings (SSSR count). The Morgan fingerprint density at radius 2 is 1.34 bits per heavy atom. The lowest BCUT2D eigenvalue weighted by Gasteiger charge is -2.19. The van der Waals surface area contributed by atoms with Gasteiger partial charge >= 0.3 is 0 Å². The average molecular weight is 411 g/mol. The van der Waals surface area contributed by atoms with Gasteiger partial charge in [0.15, 0.2) is 0 Å². The first-order valence-electron chi connectivity index (χ1n) is 9.31. The van der Waals surface area contributed by atoms with Gasteiger partial charge in [0.05, 0.1) is 5.56 Å². The van der Waals surface area contributed by atoms with Gasteiger partial charge in [-0.3, -0.25) is 0 Å². The van der Waals surface area contributed by atoms with Crippen LogP contribution in [-0.4, -0.2) is 0 Å². The number of hydrogen-bond acceptors (Lipinski definition) is 0. The highest BCUT2D eigenvalue weighted by molar-refractivity contribution is 6.30. The molecule has 0 bridgehead atoms. The Bertz CT molecular complexity index is 1150. The van der Waals surface area contributed by atoms with Crippen LogP contribution in [0.25, 0.3) is 21.9 Å². The molecule has 0 saturated carbocycles. The molecule has 0 aromatic heterocycles. The maximum absolute atomic E-state index is 15.2. The molecule has 0 N–H and O–H groups in total. The van der Waals surface area contributed by atoms with Crippen LogP contribution in [0.3, 0.4) is 0 Å². The quantitative estimate of drug-likeness (QED) is 0.317. The zero-order valence-electron chi connectivity index (χ0n) is 15.7. The minimum absolute atomic E-state index is 0.140. The van der Waals surface area contributed by atoms with Crippen molar-refractivity contribution in [3.8, 4) is 11.1 Å². The Hall–Kier alpha value is -2.78. The smallest absolute Gasteiger partial charge is 0.134 e. The van der Waals surface area contributed by atoms with Crippen LogP contribution < -0.4 is 0 Å². The lowest BCUT2D eigenvalue weighted by molar-refractivity contribution is 0.298. The van der Waals surface area contributed by atoms with E-state index in [1.54, 1.807) is 43.3 Å². The molecule has 29 heavy (non-hydrogen) atoms. The van der Waals surface area contributed by atoms with E-state index in [1.165, 1.54) is 12.1 Å². The molecule has 4 heteroatoms. The summed E-state index contributed by atoms with van der Waals surface area (Å²) >= 11 is 5.85. The minimum Gasteiger partial charge on any atom is -0.242 e. The summed E-state index contributed by atoms with van der Waals surface area (Å²) in [6, 6.07) is 21.7. The van der Waals surface area contributed by atoms with E-state index in [0.29, 0.717) is 16.1 Å². The summed E-state index contributed by atoms with van der Waals surface area (Å²) < 4.78 is 44.7. The van der Waals surface area contributed by atoms with Crippen molar-refractivity contribution in [2.75, 3.05) is 0 Å². The van der Waals surface area contributed by atoms with Gasteiger partial charge in [-0.15, -0.1) is 0 Å². The average Bonchev–Trinajstić information content (AvgIpc) is 2.73. The normalized spacial score (nSPS) is 13.4. The Morgan fingerprint density at radius 1 is 0.724 bits per heavy atom. The predicted molar refractivity (Wildman–Crippen MR) is 113 cm³/mol. The van der Waals surface area contributed by atoms with Crippen LogP contribution in [0.15, 0.2) is 78.9 Å². The van der Waals surface area contributed by atoms with Gasteiger partial charge in [0.2, 0.25) is 0 Å². The van der Waals surface area contributed by atoms with Crippen LogP contribution in [0.4, 0.5) is 13.2 Å². The van der Waals surface area contributed by atoms with Crippen molar-refractivity contribution in [3.05, 3.63) is 107 Å². The molecule has 2 atom stereocenters. The molecular weight excluding hydrogens is 393 g/mol. The van der Waals surface area contributed by atoms with Crippen LogP contribution >= 0.6 is 11.6 Å². The standard InChI is InChI=1S/C25H18ClF3/c1-15(25(29)19-7-6-16-4-2-3-5-18(16)12-19)20-13-22(27)24(23(28)14-20)17-8-10-21(26)11-9-17/h2-15,25H,1H3. The zero-order chi connectivity index (χ0) is 20.5. The predicted octanol–water partition coefficient (Wildman–Crippen LogP) is 8.25. The summed E-state index contributed by atoms with van der Waals surface area (Å²) in [7, 11) is 0. The molecule has 0 aliphatic carbocycles. The van der Waals surface area contributed by atoms with E-state index in [0.717, 1.165) is 10.8 Å². The third kappa shape index (κ3) is 3.88. The Morgan fingerprint density at radius 3 is 2.00 bits per heavy atom. The van der Waals surface area contributed by atoms with Crippen LogP contribution in [0.5, 0.6) is 0 Å². The van der Waals surface area contributed by atoms with Crippen LogP contribution in [0.1, 0.15) is 30.1 Å². The molecule has 0 spiro atoms. The molecule has 4 aromatic rings. The Kier molecular flexibility index (Phi) is 5.33. The van der Waals surface area contributed by atoms with Gasteiger partial charge in [0, 0.05) is 10.9 Å². The SMILES string of the molecule is CC(c1cc(F)c(-c2ccc(Cl)cc2)c(F)c1)C(F)c1ccc2ccccc2c1. The summed E-state index contributed by atoms with van der Waals surface area (Å²) in [5.74, 6) is -2.15. The lowest BCUT2D eigenvalue weighted by Crippen LogP contribution is -2.06. The number of hydrogen-bond donors (Lipinski definition) is 0. The molecule has 4 aromatic carbocycles. The van der Waals surface area contributed by atoms with Crippen molar-refractivity contribution >= 4 is 22.4 Å². The second-order valence-electron chi connectivity index (χ2n) is 7.16. The van der Waals surface area contributed by atoms with E-state index in [2.05, 4.69) is 0 Å². The van der Waals surface area contributed by atoms with Crippen molar-refractivity contribution in [2.24, 2.45) is 0 Å². The van der Waals surface area contributed by atoms with Crippen LogP contribution in [-0.2, 0) is 0 Å². The number of benzene rings is 4. The molecule has 0 nitrogen and oxygen atoms in total. The van der Waals surface area contributed by atoms with E-state index in [9.17, 15) is 8.78 Å². The fourth-order valence-corrected chi connectivity index (χ4v) is 3.71. The van der Waals surface area contributed by atoms with E-state index in [1.807, 2.05) is 30.3 Å². The van der Waals surface area contributed by atoms with Crippen LogP contribution in [0, 0.1) is 11.6 Å². The first-order chi connectivity index (χ1) is 13.9. The first kappa shape index (κ1) is 19.5. The first-order valence-corrected chi connectivity index (χ1v) is 9.69. The summed E-state index contributed by atoms with van der Waals surface area (Å²) in [5.41, 5.74) is 1.01. The molecule has 2 unspecified atom stereocenters. The highest BCUT2D eigenvalue weighted by atomic mass is 35.5. The summed E-state index contributed by atoms with van der Waals surface area (Å²) in [5, 5.41) is 2.42. The molecule has 0 fully saturated rings. The van der Waals surface area contributed by atoms with Gasteiger partial charge in [-0.2, -0.15) is 0 Å². The second kappa shape index (κ2) is 7.92. The van der Waals surface area contributed by atoms with Gasteiger partial charge in [0.1, 0.15) is 17.8 Å². The van der Waals surface area contributed by atoms with Crippen molar-refractivity contribution in [3.63, 3.8) is 0 Å². The minimum atomic E-state index is -1.39. The highest BCUT2D eigenvalue weighted by Gasteiger charge is 2.23. The van der Waals surface area contributed by atoms with Crippen molar-refractivity contribution in [2.45, 2.75) is 19.0 Å². The third-order valence-corrected chi connectivity index (χ3v) is 5.51. The van der Waals surface area contributed by atoms with Gasteiger partial charge in [-0.05, 0) is 57.8 Å². The van der Waals surface area contributed by atoms with Gasteiger partial charge in [-0.1, -0.05) is 67.1 Å². The number of rotatable bonds is 4. The van der Waals surface area contributed by atoms with Crippen molar-refractivity contribution < 1.29 is 13.2 Å². The van der Waals surface area contributed by atoms with Crippen molar-refractivity contribution in [1.29, 1.82) is 0 Å². The molecule has 0 heterocycles. The number of halogens is 4. The maximum Gasteiger partial charge on any atom is 0.134 e. The van der Waals surface area contributed by atoms with E-state index < -0.39 is 23.7 Å². The number of fused-ring (bicyclic) bond motifs is 1. The molecular formula is C25H18ClF3. The molecule has 0 radical (unpaired) electrons. The fourth-order valence-electron chi connectivity index (χ4n) is 3.58.